The molecule has 4 rings (SSSR count). The Labute approximate surface area is 166 Å². The van der Waals surface area contributed by atoms with Gasteiger partial charge in [0.15, 0.2) is 5.54 Å². The van der Waals surface area contributed by atoms with Crippen molar-refractivity contribution in [2.45, 2.75) is 50.5 Å². The minimum absolute atomic E-state index is 0.00814. The molecule has 0 aromatic carbocycles. The van der Waals surface area contributed by atoms with Gasteiger partial charge >= 0.3 is 12.2 Å². The first-order chi connectivity index (χ1) is 13.2. The van der Waals surface area contributed by atoms with Crippen molar-refractivity contribution in [1.29, 1.82) is 0 Å². The predicted octanol–water partition coefficient (Wildman–Crippen LogP) is 5.60. The Morgan fingerprint density at radius 1 is 1.32 bits per heavy atom. The Morgan fingerprint density at radius 3 is 2.71 bits per heavy atom. The Bertz CT molecular complexity index is 956. The van der Waals surface area contributed by atoms with Crippen LogP contribution in [0.4, 0.5) is 19.1 Å². The first-order valence-corrected chi connectivity index (χ1v) is 10.2. The lowest BCUT2D eigenvalue weighted by Crippen LogP contribution is -2.68. The molecule has 150 valence electrons. The van der Waals surface area contributed by atoms with Crippen molar-refractivity contribution in [2.24, 2.45) is 0 Å². The zero-order valence-electron chi connectivity index (χ0n) is 16.3. The van der Waals surface area contributed by atoms with Crippen molar-refractivity contribution in [2.75, 3.05) is 12.9 Å². The Morgan fingerprint density at radius 2 is 2.07 bits per heavy atom. The third-order valence-corrected chi connectivity index (χ3v) is 6.95. The van der Waals surface area contributed by atoms with Crippen LogP contribution in [-0.2, 0) is 4.74 Å². The van der Waals surface area contributed by atoms with E-state index in [9.17, 15) is 13.2 Å². The lowest BCUT2D eigenvalue weighted by Gasteiger charge is -2.45. The van der Waals surface area contributed by atoms with Gasteiger partial charge in [0.2, 0.25) is 0 Å². The molecule has 28 heavy (non-hydrogen) atoms. The highest BCUT2D eigenvalue weighted by molar-refractivity contribution is 7.99. The molecule has 1 aromatic rings. The quantitative estimate of drug-likeness (QED) is 0.367. The Kier molecular flexibility index (Phi) is 4.35. The molecule has 0 saturated carbocycles. The van der Waals surface area contributed by atoms with Gasteiger partial charge in [0.05, 0.1) is 13.3 Å². The summed E-state index contributed by atoms with van der Waals surface area (Å²) in [6.45, 7) is 5.74. The van der Waals surface area contributed by atoms with Gasteiger partial charge in [0, 0.05) is 12.0 Å². The number of quaternary nitrogens is 1. The van der Waals surface area contributed by atoms with E-state index in [1.54, 1.807) is 30.0 Å². The Hall–Kier alpha value is -1.93. The van der Waals surface area contributed by atoms with E-state index >= 15 is 0 Å². The van der Waals surface area contributed by atoms with Gasteiger partial charge < -0.3 is 4.74 Å². The number of fused-ring (bicyclic) bond motifs is 3. The van der Waals surface area contributed by atoms with E-state index in [1.807, 2.05) is 13.8 Å². The molecule has 8 heteroatoms. The maximum Gasteiger partial charge on any atom is 0.574 e. The summed E-state index contributed by atoms with van der Waals surface area (Å²) in [7, 11) is 1.57. The van der Waals surface area contributed by atoms with Gasteiger partial charge in [-0.3, -0.25) is 0 Å². The van der Waals surface area contributed by atoms with Crippen molar-refractivity contribution in [3.8, 4) is 0 Å². The van der Waals surface area contributed by atoms with E-state index in [0.717, 1.165) is 28.3 Å². The van der Waals surface area contributed by atoms with Crippen molar-refractivity contribution in [3.63, 3.8) is 0 Å². The van der Waals surface area contributed by atoms with Crippen LogP contribution in [0.25, 0.3) is 5.70 Å². The number of hydrogen-bond acceptors (Lipinski definition) is 3. The molecule has 2 aliphatic heterocycles. The van der Waals surface area contributed by atoms with Crippen molar-refractivity contribution < 1.29 is 17.9 Å². The molecule has 3 aliphatic rings. The summed E-state index contributed by atoms with van der Waals surface area (Å²) < 4.78 is 50.4. The normalized spacial score (nSPS) is 28.5. The maximum absolute atomic E-state index is 14.8. The van der Waals surface area contributed by atoms with Gasteiger partial charge in [0.25, 0.3) is 0 Å². The van der Waals surface area contributed by atoms with Crippen LogP contribution >= 0.6 is 11.8 Å². The summed E-state index contributed by atoms with van der Waals surface area (Å²) in [4.78, 5) is 4.32. The lowest BCUT2D eigenvalue weighted by molar-refractivity contribution is -0.236. The SMILES string of the molecule is CCCSc1cnc2n1C1=C(C)C(OC)=C(C)CC13C=CC=C[N+]23C(F)(F)F. The number of imidazole rings is 1. The van der Waals surface area contributed by atoms with Crippen LogP contribution < -0.4 is 4.48 Å². The molecule has 3 heterocycles. The molecule has 0 bridgehead atoms. The van der Waals surface area contributed by atoms with Crippen molar-refractivity contribution in [1.82, 2.24) is 14.0 Å². The second kappa shape index (κ2) is 6.29. The minimum atomic E-state index is -4.55. The Balaban J connectivity index is 2.11. The van der Waals surface area contributed by atoms with E-state index in [1.165, 1.54) is 24.0 Å². The molecule has 0 saturated heterocycles. The van der Waals surface area contributed by atoms with E-state index < -0.39 is 16.3 Å². The number of rotatable bonds is 4. The molecular formula is C20H23F3N3OS+. The van der Waals surface area contributed by atoms with Gasteiger partial charge in [-0.05, 0) is 43.7 Å². The van der Waals surface area contributed by atoms with Crippen molar-refractivity contribution in [3.05, 3.63) is 47.5 Å². The fourth-order valence-corrected chi connectivity index (χ4v) is 5.69. The summed E-state index contributed by atoms with van der Waals surface area (Å²) in [6, 6.07) is 0. The van der Waals surface area contributed by atoms with Crippen LogP contribution in [0.15, 0.2) is 52.6 Å². The number of nitrogens with zero attached hydrogens (tertiary/aromatic N) is 3. The van der Waals surface area contributed by atoms with Gasteiger partial charge in [-0.25, -0.2) is 4.57 Å². The predicted molar refractivity (Wildman–Crippen MR) is 105 cm³/mol. The first kappa shape index (κ1) is 19.4. The molecular weight excluding hydrogens is 387 g/mol. The molecule has 4 nitrogen and oxygen atoms in total. The van der Waals surface area contributed by atoms with Crippen LogP contribution in [0.2, 0.25) is 0 Å². The number of thioether (sulfide) groups is 1. The number of methoxy groups -OCH3 is 1. The molecule has 2 unspecified atom stereocenters. The van der Waals surface area contributed by atoms with Crippen LogP contribution in [0.3, 0.4) is 0 Å². The lowest BCUT2D eigenvalue weighted by atomic mass is 9.77. The van der Waals surface area contributed by atoms with Crippen LogP contribution in [-0.4, -0.2) is 34.3 Å². The first-order valence-electron chi connectivity index (χ1n) is 9.25. The summed E-state index contributed by atoms with van der Waals surface area (Å²) in [5, 5.41) is 0.735. The highest BCUT2D eigenvalue weighted by atomic mass is 32.2. The average Bonchev–Trinajstić information content (AvgIpc) is 3.14. The third kappa shape index (κ3) is 2.16. The van der Waals surface area contributed by atoms with Crippen LogP contribution in [0.1, 0.15) is 33.6 Å². The fraction of sp³-hybridized carbons (Fsp3) is 0.450. The maximum atomic E-state index is 14.8. The topological polar surface area (TPSA) is 27.1 Å². The highest BCUT2D eigenvalue weighted by Gasteiger charge is 2.76. The zero-order chi connectivity index (χ0) is 20.3. The van der Waals surface area contributed by atoms with E-state index in [2.05, 4.69) is 11.9 Å². The molecule has 0 radical (unpaired) electrons. The molecule has 0 N–H and O–H groups in total. The second-order valence-corrected chi connectivity index (χ2v) is 8.47. The fourth-order valence-electron chi connectivity index (χ4n) is 4.85. The molecule has 1 aliphatic carbocycles. The smallest absolute Gasteiger partial charge is 0.496 e. The van der Waals surface area contributed by atoms with Gasteiger partial charge in [0.1, 0.15) is 22.7 Å². The highest BCUT2D eigenvalue weighted by Crippen LogP contribution is 2.62. The van der Waals surface area contributed by atoms with E-state index in [4.69, 9.17) is 4.74 Å². The molecule has 2 atom stereocenters. The summed E-state index contributed by atoms with van der Waals surface area (Å²) in [5.41, 5.74) is 0.838. The van der Waals surface area contributed by atoms with Crippen molar-refractivity contribution >= 4 is 23.4 Å². The van der Waals surface area contributed by atoms with Crippen LogP contribution in [0.5, 0.6) is 0 Å². The molecule has 0 amide bonds. The summed E-state index contributed by atoms with van der Waals surface area (Å²) in [6.07, 6.45) is 4.27. The number of aromatic nitrogens is 2. The number of halogens is 3. The van der Waals surface area contributed by atoms with Crippen LogP contribution in [0, 0.1) is 0 Å². The van der Waals surface area contributed by atoms with Gasteiger partial charge in [-0.15, -0.1) is 29.4 Å². The van der Waals surface area contributed by atoms with Gasteiger partial charge in [-0.1, -0.05) is 13.0 Å². The average molecular weight is 410 g/mol. The second-order valence-electron chi connectivity index (χ2n) is 7.36. The minimum Gasteiger partial charge on any atom is -0.496 e. The third-order valence-electron chi connectivity index (χ3n) is 5.76. The summed E-state index contributed by atoms with van der Waals surface area (Å²) in [5.74, 6) is 1.47. The number of allylic oxidation sites excluding steroid dienone is 3. The standard InChI is InChI=1S/C20H23F3N3OS/c1-5-10-28-15-12-24-18-25(15)17-14(3)16(27-4)13(2)11-19(17)8-6-7-9-26(18,19)20(21,22)23/h6-9,12H,5,10-11H2,1-4H3/q+1. The molecule has 1 aromatic heterocycles. The zero-order valence-corrected chi connectivity index (χ0v) is 17.1. The number of ether oxygens (including phenoxy) is 1. The van der Waals surface area contributed by atoms with Gasteiger partial charge in [-0.2, -0.15) is 4.98 Å². The van der Waals surface area contributed by atoms with E-state index in [-0.39, 0.29) is 12.4 Å². The monoisotopic (exact) mass is 410 g/mol. The van der Waals surface area contributed by atoms with E-state index in [0.29, 0.717) is 11.5 Å². The molecule has 0 fully saturated rings. The number of hydrogen-bond donors (Lipinski definition) is 0. The molecule has 1 spiro atoms. The number of alkyl halides is 3. The largest absolute Gasteiger partial charge is 0.574 e. The summed E-state index contributed by atoms with van der Waals surface area (Å²) >= 11 is 1.54.